The van der Waals surface area contributed by atoms with E-state index in [9.17, 15) is 9.59 Å². The summed E-state index contributed by atoms with van der Waals surface area (Å²) in [4.78, 5) is 24.7. The monoisotopic (exact) mass is 341 g/mol. The van der Waals surface area contributed by atoms with E-state index in [2.05, 4.69) is 5.32 Å². The van der Waals surface area contributed by atoms with Crippen molar-refractivity contribution in [3.05, 3.63) is 58.7 Å². The van der Waals surface area contributed by atoms with Crippen molar-refractivity contribution in [3.63, 3.8) is 0 Å². The second-order valence-corrected chi connectivity index (χ2v) is 6.01. The maximum Gasteiger partial charge on any atom is 0.342 e. The van der Waals surface area contributed by atoms with Gasteiger partial charge in [0.2, 0.25) is 0 Å². The molecule has 0 aliphatic heterocycles. The van der Waals surface area contributed by atoms with Gasteiger partial charge in [-0.3, -0.25) is 4.79 Å². The number of methoxy groups -OCH3 is 1. The molecule has 0 aliphatic carbocycles. The Hall–Kier alpha value is -2.82. The molecular weight excluding hydrogens is 318 g/mol. The topological polar surface area (TPSA) is 64.6 Å². The number of benzene rings is 2. The zero-order valence-corrected chi connectivity index (χ0v) is 15.2. The van der Waals surface area contributed by atoms with E-state index in [1.165, 1.54) is 7.11 Å². The Bertz CT molecular complexity index is 775. The maximum atomic E-state index is 12.4. The number of carbonyl (C=O) groups excluding carboxylic acids is 2. The molecular formula is C20H23NO4. The number of hydrogen-bond donors (Lipinski definition) is 1. The van der Waals surface area contributed by atoms with E-state index >= 15 is 0 Å². The molecule has 0 aliphatic rings. The largest absolute Gasteiger partial charge is 0.496 e. The van der Waals surface area contributed by atoms with Crippen molar-refractivity contribution in [1.29, 1.82) is 0 Å². The Kier molecular flexibility index (Phi) is 5.80. The third kappa shape index (κ3) is 4.38. The van der Waals surface area contributed by atoms with E-state index in [0.29, 0.717) is 5.75 Å². The first-order valence-electron chi connectivity index (χ1n) is 8.06. The molecule has 1 N–H and O–H groups in total. The van der Waals surface area contributed by atoms with Gasteiger partial charge in [0, 0.05) is 5.69 Å². The van der Waals surface area contributed by atoms with E-state index in [1.54, 1.807) is 31.2 Å². The highest BCUT2D eigenvalue weighted by molar-refractivity contribution is 5.99. The van der Waals surface area contributed by atoms with Gasteiger partial charge in [0.25, 0.3) is 5.91 Å². The molecule has 0 radical (unpaired) electrons. The Balaban J connectivity index is 2.09. The summed E-state index contributed by atoms with van der Waals surface area (Å²) < 4.78 is 10.4. The molecule has 0 aromatic heterocycles. The molecule has 0 unspecified atom stereocenters. The number of aryl methyl sites for hydroxylation is 3. The molecule has 2 aromatic carbocycles. The van der Waals surface area contributed by atoms with Crippen molar-refractivity contribution in [2.75, 3.05) is 12.4 Å². The number of carbonyl (C=O) groups is 2. The smallest absolute Gasteiger partial charge is 0.342 e. The molecule has 1 amide bonds. The van der Waals surface area contributed by atoms with E-state index in [4.69, 9.17) is 9.47 Å². The summed E-state index contributed by atoms with van der Waals surface area (Å²) in [6.07, 6.45) is -0.933. The molecule has 25 heavy (non-hydrogen) atoms. The Labute approximate surface area is 148 Å². The quantitative estimate of drug-likeness (QED) is 0.840. The van der Waals surface area contributed by atoms with Crippen LogP contribution in [0.3, 0.4) is 0 Å². The summed E-state index contributed by atoms with van der Waals surface area (Å²) in [5.74, 6) is -0.568. The van der Waals surface area contributed by atoms with Crippen LogP contribution in [0.25, 0.3) is 0 Å². The predicted octanol–water partition coefficient (Wildman–Crippen LogP) is 3.80. The lowest BCUT2D eigenvalue weighted by Crippen LogP contribution is -2.30. The van der Waals surface area contributed by atoms with Crippen LogP contribution in [0.4, 0.5) is 5.69 Å². The van der Waals surface area contributed by atoms with Gasteiger partial charge in [0.1, 0.15) is 11.3 Å². The first kappa shape index (κ1) is 18.5. The number of anilines is 1. The fourth-order valence-corrected chi connectivity index (χ4v) is 2.69. The lowest BCUT2D eigenvalue weighted by molar-refractivity contribution is -0.123. The van der Waals surface area contributed by atoms with Crippen molar-refractivity contribution in [2.24, 2.45) is 0 Å². The summed E-state index contributed by atoms with van der Waals surface area (Å²) in [5, 5.41) is 2.84. The van der Waals surface area contributed by atoms with Crippen LogP contribution in [0.1, 0.15) is 34.0 Å². The van der Waals surface area contributed by atoms with Crippen LogP contribution in [0, 0.1) is 20.8 Å². The van der Waals surface area contributed by atoms with Crippen molar-refractivity contribution < 1.29 is 19.1 Å². The molecule has 5 nitrogen and oxygen atoms in total. The minimum absolute atomic E-state index is 0.285. The minimum Gasteiger partial charge on any atom is -0.496 e. The molecule has 0 bridgehead atoms. The summed E-state index contributed by atoms with van der Waals surface area (Å²) in [7, 11) is 1.48. The zero-order valence-electron chi connectivity index (χ0n) is 15.2. The summed E-state index contributed by atoms with van der Waals surface area (Å²) >= 11 is 0. The molecule has 0 saturated carbocycles. The number of ether oxygens (including phenoxy) is 2. The fraction of sp³-hybridized carbons (Fsp3) is 0.300. The van der Waals surface area contributed by atoms with Crippen LogP contribution >= 0.6 is 0 Å². The lowest BCUT2D eigenvalue weighted by atomic mass is 10.0. The van der Waals surface area contributed by atoms with Crippen LogP contribution in [-0.2, 0) is 9.53 Å². The van der Waals surface area contributed by atoms with E-state index in [-0.39, 0.29) is 11.5 Å². The van der Waals surface area contributed by atoms with Crippen LogP contribution < -0.4 is 10.1 Å². The van der Waals surface area contributed by atoms with Gasteiger partial charge in [0.15, 0.2) is 6.10 Å². The molecule has 132 valence electrons. The van der Waals surface area contributed by atoms with Crippen molar-refractivity contribution in [1.82, 2.24) is 0 Å². The molecule has 0 spiro atoms. The van der Waals surface area contributed by atoms with Gasteiger partial charge in [-0.2, -0.15) is 0 Å². The van der Waals surface area contributed by atoms with Gasteiger partial charge in [-0.1, -0.05) is 29.8 Å². The fourth-order valence-electron chi connectivity index (χ4n) is 2.69. The van der Waals surface area contributed by atoms with Gasteiger partial charge in [0.05, 0.1) is 7.11 Å². The van der Waals surface area contributed by atoms with E-state index < -0.39 is 12.1 Å². The molecule has 5 heteroatoms. The maximum absolute atomic E-state index is 12.4. The van der Waals surface area contributed by atoms with Gasteiger partial charge in [-0.05, 0) is 51.0 Å². The zero-order chi connectivity index (χ0) is 18.6. The highest BCUT2D eigenvalue weighted by atomic mass is 16.5. The standard InChI is InChI=1S/C20H23NO4/c1-12-10-13(2)18(14(3)11-12)21-19(22)15(4)25-20(23)16-8-6-7-9-17(16)24-5/h6-11,15H,1-5H3,(H,21,22)/t15-/m0/s1. The number of nitrogens with one attached hydrogen (secondary N) is 1. The predicted molar refractivity (Wildman–Crippen MR) is 97.2 cm³/mol. The summed E-state index contributed by atoms with van der Waals surface area (Å²) in [5.41, 5.74) is 4.09. The first-order chi connectivity index (χ1) is 11.8. The van der Waals surface area contributed by atoms with E-state index in [0.717, 1.165) is 22.4 Å². The molecule has 2 rings (SSSR count). The normalized spacial score (nSPS) is 11.6. The molecule has 0 saturated heterocycles. The number of amides is 1. The Morgan fingerprint density at radius 3 is 2.24 bits per heavy atom. The molecule has 2 aromatic rings. The third-order valence-electron chi connectivity index (χ3n) is 3.91. The highest BCUT2D eigenvalue weighted by Gasteiger charge is 2.22. The highest BCUT2D eigenvalue weighted by Crippen LogP contribution is 2.23. The average molecular weight is 341 g/mol. The van der Waals surface area contributed by atoms with Crippen molar-refractivity contribution in [3.8, 4) is 5.75 Å². The first-order valence-corrected chi connectivity index (χ1v) is 8.06. The third-order valence-corrected chi connectivity index (χ3v) is 3.91. The Morgan fingerprint density at radius 1 is 1.04 bits per heavy atom. The average Bonchev–Trinajstić information content (AvgIpc) is 2.57. The number of esters is 1. The van der Waals surface area contributed by atoms with Crippen LogP contribution in [0.2, 0.25) is 0 Å². The second-order valence-electron chi connectivity index (χ2n) is 6.01. The second kappa shape index (κ2) is 7.83. The van der Waals surface area contributed by atoms with E-state index in [1.807, 2.05) is 32.9 Å². The molecule has 0 fully saturated rings. The van der Waals surface area contributed by atoms with Crippen molar-refractivity contribution >= 4 is 17.6 Å². The van der Waals surface area contributed by atoms with Gasteiger partial charge >= 0.3 is 5.97 Å². The summed E-state index contributed by atoms with van der Waals surface area (Å²) in [6.45, 7) is 7.41. The van der Waals surface area contributed by atoms with Crippen LogP contribution in [0.5, 0.6) is 5.75 Å². The Morgan fingerprint density at radius 2 is 1.64 bits per heavy atom. The minimum atomic E-state index is -0.933. The number of rotatable bonds is 5. The van der Waals surface area contributed by atoms with Crippen LogP contribution in [0.15, 0.2) is 36.4 Å². The van der Waals surface area contributed by atoms with Gasteiger partial charge in [-0.25, -0.2) is 4.79 Å². The van der Waals surface area contributed by atoms with Gasteiger partial charge < -0.3 is 14.8 Å². The lowest BCUT2D eigenvalue weighted by Gasteiger charge is -2.17. The van der Waals surface area contributed by atoms with Gasteiger partial charge in [-0.15, -0.1) is 0 Å². The van der Waals surface area contributed by atoms with Crippen molar-refractivity contribution in [2.45, 2.75) is 33.8 Å². The molecule has 0 heterocycles. The van der Waals surface area contributed by atoms with Crippen LogP contribution in [-0.4, -0.2) is 25.1 Å². The SMILES string of the molecule is COc1ccccc1C(=O)O[C@@H](C)C(=O)Nc1c(C)cc(C)cc1C. The number of para-hydroxylation sites is 1. The summed E-state index contributed by atoms with van der Waals surface area (Å²) in [6, 6.07) is 10.7. The molecule has 1 atom stereocenters. The number of hydrogen-bond acceptors (Lipinski definition) is 4.